The number of ether oxygens (including phenoxy) is 2. The van der Waals surface area contributed by atoms with Gasteiger partial charge in [-0.2, -0.15) is 0 Å². The van der Waals surface area contributed by atoms with Crippen LogP contribution in [0.15, 0.2) is 28.7 Å². The van der Waals surface area contributed by atoms with Gasteiger partial charge >= 0.3 is 0 Å². The molecule has 1 N–H and O–H groups in total. The van der Waals surface area contributed by atoms with E-state index in [2.05, 4.69) is 4.90 Å². The maximum Gasteiger partial charge on any atom is 0.127 e. The molecule has 0 unspecified atom stereocenters. The van der Waals surface area contributed by atoms with Crippen LogP contribution in [0.1, 0.15) is 22.6 Å². The van der Waals surface area contributed by atoms with Crippen LogP contribution in [-0.2, 0) is 13.1 Å². The van der Waals surface area contributed by atoms with Crippen molar-refractivity contribution in [2.75, 3.05) is 27.4 Å². The summed E-state index contributed by atoms with van der Waals surface area (Å²) in [5.41, 5.74) is 2.20. The van der Waals surface area contributed by atoms with E-state index in [9.17, 15) is 5.11 Å². The van der Waals surface area contributed by atoms with Gasteiger partial charge in [-0.1, -0.05) is 6.07 Å². The Bertz CT molecular complexity index is 636. The number of rotatable bonds is 8. The molecule has 0 amide bonds. The Morgan fingerprint density at radius 3 is 2.35 bits per heavy atom. The third-order valence-corrected chi connectivity index (χ3v) is 3.84. The molecule has 0 aliphatic rings. The maximum atomic E-state index is 9.36. The van der Waals surface area contributed by atoms with Crippen molar-refractivity contribution in [1.82, 2.24) is 4.90 Å². The smallest absolute Gasteiger partial charge is 0.127 e. The highest BCUT2D eigenvalue weighted by atomic mass is 16.5. The highest BCUT2D eigenvalue weighted by molar-refractivity contribution is 5.40. The van der Waals surface area contributed by atoms with Crippen molar-refractivity contribution in [1.29, 1.82) is 0 Å². The quantitative estimate of drug-likeness (QED) is 0.811. The molecule has 0 atom stereocenters. The third-order valence-electron chi connectivity index (χ3n) is 3.84. The summed E-state index contributed by atoms with van der Waals surface area (Å²) in [5, 5.41) is 9.36. The van der Waals surface area contributed by atoms with Crippen LogP contribution in [0.25, 0.3) is 0 Å². The zero-order valence-corrected chi connectivity index (χ0v) is 14.3. The molecule has 0 fully saturated rings. The Kier molecular flexibility index (Phi) is 6.07. The summed E-state index contributed by atoms with van der Waals surface area (Å²) < 4.78 is 16.3. The van der Waals surface area contributed by atoms with Gasteiger partial charge < -0.3 is 19.0 Å². The summed E-state index contributed by atoms with van der Waals surface area (Å²) in [5.74, 6) is 3.38. The molecular formula is C18H25NO4. The number of aliphatic hydroxyl groups excluding tert-OH is 1. The van der Waals surface area contributed by atoms with Gasteiger partial charge in [-0.15, -0.1) is 0 Å². The molecule has 5 nitrogen and oxygen atoms in total. The van der Waals surface area contributed by atoms with Crippen molar-refractivity contribution in [3.8, 4) is 11.5 Å². The van der Waals surface area contributed by atoms with Gasteiger partial charge in [0.2, 0.25) is 0 Å². The van der Waals surface area contributed by atoms with E-state index in [1.165, 1.54) is 0 Å². The Hall–Kier alpha value is -1.98. The topological polar surface area (TPSA) is 55.1 Å². The van der Waals surface area contributed by atoms with E-state index in [-0.39, 0.29) is 6.61 Å². The van der Waals surface area contributed by atoms with E-state index < -0.39 is 0 Å². The number of aryl methyl sites for hydroxylation is 2. The van der Waals surface area contributed by atoms with Gasteiger partial charge in [-0.3, -0.25) is 4.90 Å². The van der Waals surface area contributed by atoms with Crippen molar-refractivity contribution in [2.24, 2.45) is 0 Å². The Morgan fingerprint density at radius 2 is 1.78 bits per heavy atom. The molecule has 0 saturated heterocycles. The van der Waals surface area contributed by atoms with Crippen LogP contribution in [0, 0.1) is 13.8 Å². The van der Waals surface area contributed by atoms with Crippen molar-refractivity contribution in [2.45, 2.75) is 26.9 Å². The van der Waals surface area contributed by atoms with E-state index >= 15 is 0 Å². The number of methoxy groups -OCH3 is 2. The van der Waals surface area contributed by atoms with Crippen molar-refractivity contribution < 1.29 is 19.0 Å². The highest BCUT2D eigenvalue weighted by Gasteiger charge is 2.14. The van der Waals surface area contributed by atoms with Crippen molar-refractivity contribution in [3.63, 3.8) is 0 Å². The van der Waals surface area contributed by atoms with Gasteiger partial charge in [-0.05, 0) is 26.0 Å². The minimum absolute atomic E-state index is 0.106. The molecule has 0 aliphatic heterocycles. The molecule has 2 aromatic rings. The second-order valence-corrected chi connectivity index (χ2v) is 5.55. The lowest BCUT2D eigenvalue weighted by Gasteiger charge is -2.22. The SMILES string of the molecule is COc1ccc(CN(CCO)Cc2cc(C)oc2C)c(OC)c1. The fourth-order valence-corrected chi connectivity index (χ4v) is 2.66. The zero-order valence-electron chi connectivity index (χ0n) is 14.3. The monoisotopic (exact) mass is 319 g/mol. The van der Waals surface area contributed by atoms with Gasteiger partial charge in [-0.25, -0.2) is 0 Å². The molecule has 1 aromatic carbocycles. The van der Waals surface area contributed by atoms with Crippen LogP contribution < -0.4 is 9.47 Å². The van der Waals surface area contributed by atoms with Gasteiger partial charge in [0.25, 0.3) is 0 Å². The Labute approximate surface area is 137 Å². The fraction of sp³-hybridized carbons (Fsp3) is 0.444. The molecule has 5 heteroatoms. The molecule has 0 radical (unpaired) electrons. The first kappa shape index (κ1) is 17.4. The molecule has 2 rings (SSSR count). The summed E-state index contributed by atoms with van der Waals surface area (Å²) in [6.07, 6.45) is 0. The molecule has 126 valence electrons. The lowest BCUT2D eigenvalue weighted by molar-refractivity contribution is 0.182. The summed E-state index contributed by atoms with van der Waals surface area (Å²) in [6, 6.07) is 7.84. The number of hydrogen-bond donors (Lipinski definition) is 1. The average molecular weight is 319 g/mol. The molecule has 0 spiro atoms. The second kappa shape index (κ2) is 8.04. The van der Waals surface area contributed by atoms with E-state index in [4.69, 9.17) is 13.9 Å². The standard InChI is InChI=1S/C18H25NO4/c1-13-9-16(14(2)23-13)12-19(7-8-20)11-15-5-6-17(21-3)10-18(15)22-4/h5-6,9-10,20H,7-8,11-12H2,1-4H3. The third kappa shape index (κ3) is 4.50. The summed E-state index contributed by atoms with van der Waals surface area (Å²) in [6.45, 7) is 6.00. The van der Waals surface area contributed by atoms with E-state index in [1.54, 1.807) is 14.2 Å². The maximum absolute atomic E-state index is 9.36. The van der Waals surface area contributed by atoms with Gasteiger partial charge in [0.05, 0.1) is 20.8 Å². The molecule has 1 aromatic heterocycles. The molecule has 1 heterocycles. The number of nitrogens with zero attached hydrogens (tertiary/aromatic N) is 1. The minimum atomic E-state index is 0.106. The summed E-state index contributed by atoms with van der Waals surface area (Å²) in [4.78, 5) is 2.17. The Balaban J connectivity index is 2.17. The highest BCUT2D eigenvalue weighted by Crippen LogP contribution is 2.26. The van der Waals surface area contributed by atoms with Crippen molar-refractivity contribution in [3.05, 3.63) is 46.9 Å². The molecular weight excluding hydrogens is 294 g/mol. The second-order valence-electron chi connectivity index (χ2n) is 5.55. The van der Waals surface area contributed by atoms with Crippen LogP contribution in [0.5, 0.6) is 11.5 Å². The van der Waals surface area contributed by atoms with Gasteiger partial charge in [0, 0.05) is 36.8 Å². The predicted octanol–water partition coefficient (Wildman–Crippen LogP) is 2.91. The Morgan fingerprint density at radius 1 is 1.04 bits per heavy atom. The predicted molar refractivity (Wildman–Crippen MR) is 88.9 cm³/mol. The number of aliphatic hydroxyl groups is 1. The average Bonchev–Trinajstić information content (AvgIpc) is 2.85. The fourth-order valence-electron chi connectivity index (χ4n) is 2.66. The zero-order chi connectivity index (χ0) is 16.8. The number of furan rings is 1. The van der Waals surface area contributed by atoms with Crippen LogP contribution in [0.4, 0.5) is 0 Å². The molecule has 0 bridgehead atoms. The van der Waals surface area contributed by atoms with E-state index in [1.807, 2.05) is 38.1 Å². The van der Waals surface area contributed by atoms with E-state index in [0.717, 1.165) is 40.7 Å². The first-order valence-corrected chi connectivity index (χ1v) is 7.67. The molecule has 0 aliphatic carbocycles. The van der Waals surface area contributed by atoms with E-state index in [0.29, 0.717) is 13.1 Å². The van der Waals surface area contributed by atoms with Crippen LogP contribution in [0.2, 0.25) is 0 Å². The summed E-state index contributed by atoms with van der Waals surface area (Å²) >= 11 is 0. The molecule has 23 heavy (non-hydrogen) atoms. The normalized spacial score (nSPS) is 11.0. The minimum Gasteiger partial charge on any atom is -0.497 e. The lowest BCUT2D eigenvalue weighted by Crippen LogP contribution is -2.26. The first-order valence-electron chi connectivity index (χ1n) is 7.67. The van der Waals surface area contributed by atoms with Crippen LogP contribution >= 0.6 is 0 Å². The molecule has 0 saturated carbocycles. The lowest BCUT2D eigenvalue weighted by atomic mass is 10.1. The number of benzene rings is 1. The van der Waals surface area contributed by atoms with Gasteiger partial charge in [0.15, 0.2) is 0 Å². The van der Waals surface area contributed by atoms with Gasteiger partial charge in [0.1, 0.15) is 23.0 Å². The van der Waals surface area contributed by atoms with Crippen molar-refractivity contribution >= 4 is 0 Å². The number of hydrogen-bond acceptors (Lipinski definition) is 5. The largest absolute Gasteiger partial charge is 0.497 e. The summed E-state index contributed by atoms with van der Waals surface area (Å²) in [7, 11) is 3.29. The van der Waals surface area contributed by atoms with Crippen LogP contribution in [0.3, 0.4) is 0 Å². The first-order chi connectivity index (χ1) is 11.1. The van der Waals surface area contributed by atoms with Crippen LogP contribution in [-0.4, -0.2) is 37.4 Å².